The molecule has 4 rings (SSSR count). The van der Waals surface area contributed by atoms with Crippen LogP contribution in [0.3, 0.4) is 0 Å². The van der Waals surface area contributed by atoms with Crippen LogP contribution in [0.25, 0.3) is 11.1 Å². The Morgan fingerprint density at radius 1 is 1.05 bits per heavy atom. The summed E-state index contributed by atoms with van der Waals surface area (Å²) in [5.41, 5.74) is 6.01. The van der Waals surface area contributed by atoms with Crippen LogP contribution in [0.15, 0.2) is 72.8 Å². The number of aromatic hydroxyl groups is 1. The normalized spacial score (nSPS) is 13.3. The number of likely N-dealkylation sites (N-methyl/N-ethyl adjacent to an activating group) is 1. The molecule has 3 aromatic carbocycles. The number of phenols is 1. The molecule has 0 aromatic heterocycles. The molecular formula is C33H36ClFN2O3. The smallest absolute Gasteiger partial charge is 0.246 e. The Morgan fingerprint density at radius 3 is 2.52 bits per heavy atom. The van der Waals surface area contributed by atoms with E-state index in [0.717, 1.165) is 58.4 Å². The van der Waals surface area contributed by atoms with E-state index in [1.165, 1.54) is 12.1 Å². The lowest BCUT2D eigenvalue weighted by molar-refractivity contribution is -0.125. The molecule has 1 aliphatic carbocycles. The predicted octanol–water partition coefficient (Wildman–Crippen LogP) is 6.87. The van der Waals surface area contributed by atoms with Gasteiger partial charge in [0, 0.05) is 32.3 Å². The van der Waals surface area contributed by atoms with E-state index in [1.54, 1.807) is 23.1 Å². The highest BCUT2D eigenvalue weighted by molar-refractivity contribution is 6.32. The van der Waals surface area contributed by atoms with Crippen LogP contribution in [-0.2, 0) is 11.2 Å². The fourth-order valence-corrected chi connectivity index (χ4v) is 5.33. The molecule has 0 saturated heterocycles. The first-order valence-corrected chi connectivity index (χ1v) is 14.2. The van der Waals surface area contributed by atoms with E-state index in [0.29, 0.717) is 37.8 Å². The van der Waals surface area contributed by atoms with Gasteiger partial charge in [-0.25, -0.2) is 4.39 Å². The van der Waals surface area contributed by atoms with Gasteiger partial charge >= 0.3 is 0 Å². The van der Waals surface area contributed by atoms with Crippen molar-refractivity contribution in [3.05, 3.63) is 106 Å². The quantitative estimate of drug-likeness (QED) is 0.198. The van der Waals surface area contributed by atoms with Gasteiger partial charge in [-0.05, 0) is 103 Å². The van der Waals surface area contributed by atoms with Crippen molar-refractivity contribution < 1.29 is 19.0 Å². The Bertz CT molecular complexity index is 1380. The number of allylic oxidation sites excluding steroid dienone is 1. The lowest BCUT2D eigenvalue weighted by Crippen LogP contribution is -2.29. The third kappa shape index (κ3) is 7.32. The lowest BCUT2D eigenvalue weighted by atomic mass is 9.87. The number of amides is 1. The van der Waals surface area contributed by atoms with Crippen LogP contribution >= 0.6 is 11.6 Å². The number of carbonyl (C=O) groups excluding carboxylic acids is 1. The van der Waals surface area contributed by atoms with Crippen LogP contribution in [0.1, 0.15) is 48.9 Å². The number of fused-ring (bicyclic) bond motifs is 1. The minimum Gasteiger partial charge on any atom is -0.508 e. The first kappa shape index (κ1) is 29.4. The molecule has 0 radical (unpaired) electrons. The second-order valence-corrected chi connectivity index (χ2v) is 10.1. The van der Waals surface area contributed by atoms with Gasteiger partial charge < -0.3 is 20.1 Å². The summed E-state index contributed by atoms with van der Waals surface area (Å²) in [6.45, 7) is 7.06. The van der Waals surface area contributed by atoms with Crippen LogP contribution in [0.5, 0.6) is 11.5 Å². The molecule has 0 heterocycles. The van der Waals surface area contributed by atoms with Crippen molar-refractivity contribution in [1.82, 2.24) is 10.2 Å². The van der Waals surface area contributed by atoms with Gasteiger partial charge in [0.2, 0.25) is 5.91 Å². The minimum absolute atomic E-state index is 0.0243. The van der Waals surface area contributed by atoms with Gasteiger partial charge in [0.15, 0.2) is 0 Å². The number of benzene rings is 3. The zero-order valence-corrected chi connectivity index (χ0v) is 23.8. The van der Waals surface area contributed by atoms with Gasteiger partial charge in [-0.15, -0.1) is 0 Å². The number of halogens is 2. The van der Waals surface area contributed by atoms with E-state index >= 15 is 0 Å². The number of rotatable bonds is 11. The van der Waals surface area contributed by atoms with Crippen molar-refractivity contribution in [2.45, 2.75) is 33.1 Å². The highest BCUT2D eigenvalue weighted by Gasteiger charge is 2.22. The largest absolute Gasteiger partial charge is 0.508 e. The fourth-order valence-electron chi connectivity index (χ4n) is 5.05. The highest BCUT2D eigenvalue weighted by Crippen LogP contribution is 2.42. The topological polar surface area (TPSA) is 61.8 Å². The van der Waals surface area contributed by atoms with Gasteiger partial charge in [-0.3, -0.25) is 4.79 Å². The predicted molar refractivity (Wildman–Crippen MR) is 160 cm³/mol. The number of hydrogen-bond donors (Lipinski definition) is 2. The van der Waals surface area contributed by atoms with Crippen LogP contribution < -0.4 is 10.1 Å². The Kier molecular flexibility index (Phi) is 10.4. The van der Waals surface area contributed by atoms with Gasteiger partial charge in [0.25, 0.3) is 0 Å². The average Bonchev–Trinajstić information content (AvgIpc) is 3.12. The number of nitrogens with zero attached hydrogens (tertiary/aromatic N) is 1. The van der Waals surface area contributed by atoms with E-state index in [-0.39, 0.29) is 17.5 Å². The van der Waals surface area contributed by atoms with E-state index in [2.05, 4.69) is 5.32 Å². The first-order valence-electron chi connectivity index (χ1n) is 13.8. The molecule has 1 aliphatic rings. The van der Waals surface area contributed by atoms with Gasteiger partial charge in [-0.1, -0.05) is 41.9 Å². The molecule has 0 spiro atoms. The summed E-state index contributed by atoms with van der Waals surface area (Å²) in [6.07, 6.45) is 5.92. The Balaban J connectivity index is 1.48. The maximum atomic E-state index is 13.9. The molecule has 3 aromatic rings. The van der Waals surface area contributed by atoms with Crippen molar-refractivity contribution in [3.8, 4) is 11.5 Å². The third-order valence-electron chi connectivity index (χ3n) is 7.08. The number of aryl methyl sites for hydroxylation is 1. The zero-order valence-electron chi connectivity index (χ0n) is 23.1. The van der Waals surface area contributed by atoms with Crippen molar-refractivity contribution >= 4 is 28.7 Å². The molecule has 0 saturated carbocycles. The monoisotopic (exact) mass is 562 g/mol. The maximum Gasteiger partial charge on any atom is 0.246 e. The second kappa shape index (κ2) is 14.1. The third-order valence-corrected chi connectivity index (χ3v) is 7.39. The van der Waals surface area contributed by atoms with Crippen LogP contribution in [0.4, 0.5) is 4.39 Å². The van der Waals surface area contributed by atoms with Crippen LogP contribution in [-0.4, -0.2) is 48.7 Å². The molecule has 1 amide bonds. The number of nitrogens with one attached hydrogen (secondary N) is 1. The molecule has 0 bridgehead atoms. The van der Waals surface area contributed by atoms with Crippen LogP contribution in [0, 0.1) is 5.82 Å². The molecule has 210 valence electrons. The minimum atomic E-state index is -0.366. The molecule has 40 heavy (non-hydrogen) atoms. The highest BCUT2D eigenvalue weighted by atomic mass is 35.5. The molecule has 7 heteroatoms. The van der Waals surface area contributed by atoms with Gasteiger partial charge in [0.05, 0.1) is 5.02 Å². The van der Waals surface area contributed by atoms with Gasteiger partial charge in [0.1, 0.15) is 23.9 Å². The van der Waals surface area contributed by atoms with E-state index < -0.39 is 0 Å². The molecule has 0 aliphatic heterocycles. The number of hydrogen-bond acceptors (Lipinski definition) is 4. The fraction of sp³-hybridized carbons (Fsp3) is 0.303. The average molecular weight is 563 g/mol. The summed E-state index contributed by atoms with van der Waals surface area (Å²) in [5, 5.41) is 13.8. The number of phenolic OH excluding ortho intramolecular Hbond substituents is 1. The van der Waals surface area contributed by atoms with Gasteiger partial charge in [-0.2, -0.15) is 0 Å². The SMILES string of the molecule is CCN(CC)C(=O)/C=C/CNCCOc1ccc(C2=C(c3ccc(F)cc3Cl)CCCc3cc(O)ccc32)cc1. The molecule has 0 fully saturated rings. The second-order valence-electron chi connectivity index (χ2n) is 9.66. The molecule has 0 atom stereocenters. The summed E-state index contributed by atoms with van der Waals surface area (Å²) in [5.74, 6) is 0.648. The molecule has 0 unspecified atom stereocenters. The first-order chi connectivity index (χ1) is 19.4. The number of carbonyl (C=O) groups is 1. The van der Waals surface area contributed by atoms with E-state index in [1.807, 2.05) is 56.3 Å². The summed E-state index contributed by atoms with van der Waals surface area (Å²) < 4.78 is 19.8. The van der Waals surface area contributed by atoms with Crippen LogP contribution in [0.2, 0.25) is 5.02 Å². The Hall–Kier alpha value is -3.61. The Morgan fingerprint density at radius 2 is 1.80 bits per heavy atom. The van der Waals surface area contributed by atoms with E-state index in [9.17, 15) is 14.3 Å². The zero-order chi connectivity index (χ0) is 28.5. The molecule has 5 nitrogen and oxygen atoms in total. The van der Waals surface area contributed by atoms with Crippen molar-refractivity contribution in [2.75, 3.05) is 32.8 Å². The summed E-state index contributed by atoms with van der Waals surface area (Å²) in [4.78, 5) is 13.8. The summed E-state index contributed by atoms with van der Waals surface area (Å²) in [6, 6.07) is 18.0. The molecule has 2 N–H and O–H groups in total. The van der Waals surface area contributed by atoms with Crippen molar-refractivity contribution in [3.63, 3.8) is 0 Å². The van der Waals surface area contributed by atoms with Crippen molar-refractivity contribution in [1.29, 1.82) is 0 Å². The van der Waals surface area contributed by atoms with E-state index in [4.69, 9.17) is 16.3 Å². The maximum absolute atomic E-state index is 13.9. The van der Waals surface area contributed by atoms with Crippen molar-refractivity contribution in [2.24, 2.45) is 0 Å². The lowest BCUT2D eigenvalue weighted by Gasteiger charge is -2.18. The standard InChI is InChI=1S/C33H36ClFN2O3/c1-3-37(4-2)32(39)9-6-18-36-19-20-40-27-14-10-23(11-15-27)33-28-17-13-26(38)21-24(28)7-5-8-30(33)29-16-12-25(35)22-31(29)34/h6,9-17,21-22,36,38H,3-5,7-8,18-20H2,1-2H3/b9-6+. The molecular weight excluding hydrogens is 527 g/mol. The summed E-state index contributed by atoms with van der Waals surface area (Å²) >= 11 is 6.53. The summed E-state index contributed by atoms with van der Waals surface area (Å²) in [7, 11) is 0. The number of ether oxygens (including phenoxy) is 1. The Labute approximate surface area is 240 Å².